The van der Waals surface area contributed by atoms with Crippen LogP contribution in [-0.4, -0.2) is 0 Å². The third kappa shape index (κ3) is 5.04. The fourth-order valence-electron chi connectivity index (χ4n) is 6.92. The smallest absolute Gasteiger partial charge is 0.0540 e. The summed E-state index contributed by atoms with van der Waals surface area (Å²) in [6, 6.07) is 68.0. The third-order valence-corrected chi connectivity index (χ3v) is 10.4. The number of thiophene rings is 1. The predicted molar refractivity (Wildman–Crippen MR) is 208 cm³/mol. The van der Waals surface area contributed by atoms with Crippen molar-refractivity contribution in [3.05, 3.63) is 188 Å². The van der Waals surface area contributed by atoms with Gasteiger partial charge in [0.05, 0.1) is 5.69 Å². The van der Waals surface area contributed by atoms with Gasteiger partial charge in [-0.25, -0.2) is 0 Å². The van der Waals surface area contributed by atoms with Crippen LogP contribution in [-0.2, 0) is 0 Å². The molecule has 0 aliphatic heterocycles. The minimum atomic E-state index is 1.11. The molecular formula is C46H31NS. The molecule has 0 spiro atoms. The van der Waals surface area contributed by atoms with Crippen LogP contribution in [0.15, 0.2) is 188 Å². The number of anilines is 3. The molecule has 0 aliphatic carbocycles. The predicted octanol–water partition coefficient (Wildman–Crippen LogP) is 13.7. The van der Waals surface area contributed by atoms with Crippen LogP contribution in [0.1, 0.15) is 0 Å². The van der Waals surface area contributed by atoms with Crippen molar-refractivity contribution < 1.29 is 0 Å². The Balaban J connectivity index is 1.13. The molecule has 0 radical (unpaired) electrons. The molecule has 0 saturated heterocycles. The maximum Gasteiger partial charge on any atom is 0.0540 e. The van der Waals surface area contributed by atoms with E-state index in [2.05, 4.69) is 193 Å². The molecule has 1 heterocycles. The lowest BCUT2D eigenvalue weighted by Gasteiger charge is -2.28. The summed E-state index contributed by atoms with van der Waals surface area (Å²) in [5, 5.41) is 5.30. The van der Waals surface area contributed by atoms with Gasteiger partial charge in [-0.1, -0.05) is 146 Å². The lowest BCUT2D eigenvalue weighted by atomic mass is 9.99. The number of hydrogen-bond acceptors (Lipinski definition) is 2. The van der Waals surface area contributed by atoms with Crippen molar-refractivity contribution in [2.75, 3.05) is 4.90 Å². The van der Waals surface area contributed by atoms with Crippen LogP contribution in [0.2, 0.25) is 0 Å². The number of fused-ring (bicyclic) bond motifs is 5. The Morgan fingerprint density at radius 3 is 1.65 bits per heavy atom. The number of para-hydroxylation sites is 1. The Morgan fingerprint density at radius 2 is 0.917 bits per heavy atom. The zero-order chi connectivity index (χ0) is 31.9. The van der Waals surface area contributed by atoms with Gasteiger partial charge in [0, 0.05) is 37.1 Å². The molecule has 226 valence electrons. The average Bonchev–Trinajstić information content (AvgIpc) is 3.55. The largest absolute Gasteiger partial charge is 0.310 e. The number of hydrogen-bond donors (Lipinski definition) is 0. The van der Waals surface area contributed by atoms with Crippen molar-refractivity contribution in [2.45, 2.75) is 0 Å². The molecule has 48 heavy (non-hydrogen) atoms. The van der Waals surface area contributed by atoms with Crippen LogP contribution in [0.3, 0.4) is 0 Å². The van der Waals surface area contributed by atoms with E-state index in [4.69, 9.17) is 0 Å². The van der Waals surface area contributed by atoms with Crippen molar-refractivity contribution in [3.8, 4) is 33.4 Å². The minimum absolute atomic E-state index is 1.11. The van der Waals surface area contributed by atoms with E-state index in [1.165, 1.54) is 64.3 Å². The molecule has 9 aromatic rings. The first-order valence-electron chi connectivity index (χ1n) is 16.3. The first-order chi connectivity index (χ1) is 23.8. The fraction of sp³-hybridized carbons (Fsp3) is 0. The highest BCUT2D eigenvalue weighted by Gasteiger charge is 2.18. The molecule has 0 bridgehead atoms. The Kier molecular flexibility index (Phi) is 7.07. The SMILES string of the molecule is c1ccc(-c2ccc(N(c3ccc(-c4ccc5c(c4)sc4ccc6ccccc6c45)cc3)c3ccccc3-c3ccccc3)cc2)cc1. The Hall–Kier alpha value is -5.96. The summed E-state index contributed by atoms with van der Waals surface area (Å²) in [5.41, 5.74) is 10.6. The standard InChI is InChI=1S/C46H31NS/c1-3-11-32(12-4-1)33-19-25-38(26-20-33)47(43-18-10-9-16-40(43)35-13-5-2-6-14-35)39-27-21-34(22-28-39)37-23-29-42-45(31-37)48-44-30-24-36-15-7-8-17-41(36)46(42)44/h1-31H. The summed E-state index contributed by atoms with van der Waals surface area (Å²) in [7, 11) is 0. The second kappa shape index (κ2) is 12.0. The van der Waals surface area contributed by atoms with Gasteiger partial charge in [-0.3, -0.25) is 0 Å². The van der Waals surface area contributed by atoms with Crippen LogP contribution in [0.5, 0.6) is 0 Å². The summed E-state index contributed by atoms with van der Waals surface area (Å²) in [6.07, 6.45) is 0. The molecule has 0 atom stereocenters. The van der Waals surface area contributed by atoms with Crippen LogP contribution < -0.4 is 4.90 Å². The molecule has 1 nitrogen and oxygen atoms in total. The summed E-state index contributed by atoms with van der Waals surface area (Å²) in [6.45, 7) is 0. The van der Waals surface area contributed by atoms with Gasteiger partial charge in [-0.15, -0.1) is 11.3 Å². The number of nitrogens with zero attached hydrogens (tertiary/aromatic N) is 1. The van der Waals surface area contributed by atoms with Gasteiger partial charge in [0.15, 0.2) is 0 Å². The topological polar surface area (TPSA) is 3.24 Å². The summed E-state index contributed by atoms with van der Waals surface area (Å²) in [4.78, 5) is 2.38. The van der Waals surface area contributed by atoms with Crippen LogP contribution in [0, 0.1) is 0 Å². The van der Waals surface area contributed by atoms with Gasteiger partial charge in [0.1, 0.15) is 0 Å². The Morgan fingerprint density at radius 1 is 0.354 bits per heavy atom. The Labute approximate surface area is 284 Å². The maximum atomic E-state index is 2.38. The van der Waals surface area contributed by atoms with E-state index in [0.29, 0.717) is 0 Å². The summed E-state index contributed by atoms with van der Waals surface area (Å²) in [5.74, 6) is 0. The summed E-state index contributed by atoms with van der Waals surface area (Å²) >= 11 is 1.88. The molecule has 9 rings (SSSR count). The average molecular weight is 630 g/mol. The van der Waals surface area contributed by atoms with Crippen LogP contribution in [0.4, 0.5) is 17.1 Å². The van der Waals surface area contributed by atoms with Gasteiger partial charge in [-0.2, -0.15) is 0 Å². The van der Waals surface area contributed by atoms with Crippen molar-refractivity contribution in [1.82, 2.24) is 0 Å². The van der Waals surface area contributed by atoms with E-state index in [0.717, 1.165) is 17.1 Å². The highest BCUT2D eigenvalue weighted by atomic mass is 32.1. The maximum absolute atomic E-state index is 2.38. The van der Waals surface area contributed by atoms with Gasteiger partial charge in [0.25, 0.3) is 0 Å². The number of benzene rings is 8. The first kappa shape index (κ1) is 28.3. The van der Waals surface area contributed by atoms with E-state index < -0.39 is 0 Å². The van der Waals surface area contributed by atoms with Crippen molar-refractivity contribution in [2.24, 2.45) is 0 Å². The molecule has 0 aliphatic rings. The van der Waals surface area contributed by atoms with Crippen molar-refractivity contribution >= 4 is 59.3 Å². The van der Waals surface area contributed by atoms with Crippen molar-refractivity contribution in [1.29, 1.82) is 0 Å². The molecule has 0 unspecified atom stereocenters. The molecule has 0 fully saturated rings. The first-order valence-corrected chi connectivity index (χ1v) is 17.2. The lowest BCUT2D eigenvalue weighted by Crippen LogP contribution is -2.11. The zero-order valence-corrected chi connectivity index (χ0v) is 27.1. The monoisotopic (exact) mass is 629 g/mol. The molecule has 0 saturated carbocycles. The van der Waals surface area contributed by atoms with Crippen LogP contribution in [0.25, 0.3) is 64.3 Å². The summed E-state index contributed by atoms with van der Waals surface area (Å²) < 4.78 is 2.65. The van der Waals surface area contributed by atoms with Gasteiger partial charge in [-0.05, 0) is 81.1 Å². The van der Waals surface area contributed by atoms with Crippen molar-refractivity contribution in [3.63, 3.8) is 0 Å². The normalized spacial score (nSPS) is 11.3. The lowest BCUT2D eigenvalue weighted by molar-refractivity contribution is 1.28. The molecule has 0 amide bonds. The van der Waals surface area contributed by atoms with E-state index in [-0.39, 0.29) is 0 Å². The van der Waals surface area contributed by atoms with Gasteiger partial charge < -0.3 is 4.90 Å². The minimum Gasteiger partial charge on any atom is -0.310 e. The van der Waals surface area contributed by atoms with E-state index in [1.54, 1.807) is 0 Å². The highest BCUT2D eigenvalue weighted by Crippen LogP contribution is 2.43. The molecule has 1 aromatic heterocycles. The van der Waals surface area contributed by atoms with Gasteiger partial charge in [0.2, 0.25) is 0 Å². The molecular weight excluding hydrogens is 599 g/mol. The van der Waals surface area contributed by atoms with E-state index >= 15 is 0 Å². The zero-order valence-electron chi connectivity index (χ0n) is 26.3. The van der Waals surface area contributed by atoms with E-state index in [1.807, 2.05) is 11.3 Å². The quantitative estimate of drug-likeness (QED) is 0.177. The number of rotatable bonds is 6. The third-order valence-electron chi connectivity index (χ3n) is 9.28. The second-order valence-electron chi connectivity index (χ2n) is 12.2. The highest BCUT2D eigenvalue weighted by molar-refractivity contribution is 7.26. The molecule has 8 aromatic carbocycles. The van der Waals surface area contributed by atoms with Crippen LogP contribution >= 0.6 is 11.3 Å². The second-order valence-corrected chi connectivity index (χ2v) is 13.2. The molecule has 2 heteroatoms. The van der Waals surface area contributed by atoms with Gasteiger partial charge >= 0.3 is 0 Å². The fourth-order valence-corrected chi connectivity index (χ4v) is 8.08. The Bertz CT molecular complexity index is 2530. The molecule has 0 N–H and O–H groups in total. The van der Waals surface area contributed by atoms with E-state index in [9.17, 15) is 0 Å².